The molecule has 0 amide bonds. The van der Waals surface area contributed by atoms with Gasteiger partial charge in [-0.2, -0.15) is 4.99 Å². The van der Waals surface area contributed by atoms with Gasteiger partial charge in [0, 0.05) is 7.05 Å². The Bertz CT molecular complexity index is 192. The molecule has 0 atom stereocenters. The van der Waals surface area contributed by atoms with Gasteiger partial charge in [-0.25, -0.2) is 0 Å². The molecule has 0 aliphatic heterocycles. The molecule has 0 aromatic rings. The van der Waals surface area contributed by atoms with E-state index in [9.17, 15) is 0 Å². The smallest absolute Gasteiger partial charge is 0.247 e. The van der Waals surface area contributed by atoms with Crippen LogP contribution in [0.3, 0.4) is 0 Å². The van der Waals surface area contributed by atoms with Crippen LogP contribution in [0.5, 0.6) is 0 Å². The van der Waals surface area contributed by atoms with E-state index in [4.69, 9.17) is 46.3 Å². The summed E-state index contributed by atoms with van der Waals surface area (Å²) in [4.78, 5) is 6.99. The highest BCUT2D eigenvalue weighted by molar-refractivity contribution is 6.76. The summed E-state index contributed by atoms with van der Waals surface area (Å²) in [5, 5.41) is 0. The number of aliphatic imine (C=N–C) groups is 2. The molecule has 0 heterocycles. The molecule has 11 heavy (non-hydrogen) atoms. The molecule has 0 aliphatic carbocycles. The molecule has 0 bridgehead atoms. The van der Waals surface area contributed by atoms with Crippen LogP contribution in [0.25, 0.3) is 0 Å². The Morgan fingerprint density at radius 3 is 2.00 bits per heavy atom. The van der Waals surface area contributed by atoms with Gasteiger partial charge in [0.05, 0.1) is 0 Å². The monoisotopic (exact) mass is 216 g/mol. The molecule has 0 spiro atoms. The molecule has 0 aliphatic rings. The standard InChI is InChI=1S/C4H7Cl3N4/c1-10-3(9)11-2(8)4(5,6)7/h1H3,(H4,8,9,10,11). The molecule has 7 heteroatoms. The Morgan fingerprint density at radius 1 is 1.27 bits per heavy atom. The van der Waals surface area contributed by atoms with Crippen molar-refractivity contribution in [2.75, 3.05) is 7.05 Å². The minimum atomic E-state index is -1.73. The van der Waals surface area contributed by atoms with Gasteiger partial charge >= 0.3 is 0 Å². The van der Waals surface area contributed by atoms with Gasteiger partial charge in [0.15, 0.2) is 5.84 Å². The largest absolute Gasteiger partial charge is 0.383 e. The Hall–Kier alpha value is -0.190. The van der Waals surface area contributed by atoms with E-state index >= 15 is 0 Å². The third kappa shape index (κ3) is 4.29. The molecule has 0 radical (unpaired) electrons. The highest BCUT2D eigenvalue weighted by Crippen LogP contribution is 2.25. The fraction of sp³-hybridized carbons (Fsp3) is 0.500. The Kier molecular flexibility index (Phi) is 3.92. The summed E-state index contributed by atoms with van der Waals surface area (Å²) >= 11 is 16.0. The lowest BCUT2D eigenvalue weighted by atomic mass is 10.7. The van der Waals surface area contributed by atoms with E-state index in [2.05, 4.69) is 9.98 Å². The van der Waals surface area contributed by atoms with Crippen LogP contribution in [0, 0.1) is 0 Å². The van der Waals surface area contributed by atoms with Gasteiger partial charge in [-0.3, -0.25) is 4.99 Å². The van der Waals surface area contributed by atoms with Gasteiger partial charge in [0.1, 0.15) is 0 Å². The molecule has 0 unspecified atom stereocenters. The van der Waals surface area contributed by atoms with Crippen molar-refractivity contribution in [2.45, 2.75) is 3.79 Å². The quantitative estimate of drug-likeness (QED) is 0.355. The normalized spacial score (nSPS) is 15.3. The van der Waals surface area contributed by atoms with Gasteiger partial charge < -0.3 is 11.5 Å². The summed E-state index contributed by atoms with van der Waals surface area (Å²) in [5.74, 6) is -0.237. The van der Waals surface area contributed by atoms with Crippen LogP contribution in [-0.4, -0.2) is 22.6 Å². The number of nitrogens with two attached hydrogens (primary N) is 2. The lowest BCUT2D eigenvalue weighted by Gasteiger charge is -2.08. The van der Waals surface area contributed by atoms with E-state index in [0.717, 1.165) is 0 Å². The molecular formula is C4H7Cl3N4. The average Bonchev–Trinajstić information content (AvgIpc) is 1.85. The number of hydrogen-bond donors (Lipinski definition) is 2. The number of amidine groups is 1. The Balaban J connectivity index is 4.48. The predicted molar refractivity (Wildman–Crippen MR) is 49.5 cm³/mol. The minimum Gasteiger partial charge on any atom is -0.383 e. The average molecular weight is 217 g/mol. The van der Waals surface area contributed by atoms with E-state index < -0.39 is 3.79 Å². The molecule has 4 nitrogen and oxygen atoms in total. The summed E-state index contributed by atoms with van der Waals surface area (Å²) in [7, 11) is 1.45. The van der Waals surface area contributed by atoms with Crippen LogP contribution in [-0.2, 0) is 0 Å². The van der Waals surface area contributed by atoms with Gasteiger partial charge in [-0.1, -0.05) is 34.8 Å². The van der Waals surface area contributed by atoms with Crippen molar-refractivity contribution in [1.82, 2.24) is 0 Å². The zero-order valence-corrected chi connectivity index (χ0v) is 7.95. The molecule has 4 N–H and O–H groups in total. The maximum absolute atomic E-state index is 5.35. The molecule has 0 saturated carbocycles. The second-order valence-electron chi connectivity index (χ2n) is 1.58. The van der Waals surface area contributed by atoms with Crippen LogP contribution in [0.15, 0.2) is 9.98 Å². The van der Waals surface area contributed by atoms with E-state index in [1.807, 2.05) is 0 Å². The van der Waals surface area contributed by atoms with Crippen molar-refractivity contribution in [3.05, 3.63) is 0 Å². The fourth-order valence-corrected chi connectivity index (χ4v) is 0.364. The third-order valence-electron chi connectivity index (χ3n) is 0.755. The number of hydrogen-bond acceptors (Lipinski definition) is 1. The second kappa shape index (κ2) is 3.99. The zero-order chi connectivity index (χ0) is 9.07. The Morgan fingerprint density at radius 2 is 1.73 bits per heavy atom. The van der Waals surface area contributed by atoms with Crippen LogP contribution >= 0.6 is 34.8 Å². The lowest BCUT2D eigenvalue weighted by molar-refractivity contribution is 1.32. The highest BCUT2D eigenvalue weighted by atomic mass is 35.6. The van der Waals surface area contributed by atoms with Crippen molar-refractivity contribution in [1.29, 1.82) is 0 Å². The predicted octanol–water partition coefficient (Wildman–Crippen LogP) is 0.658. The molecule has 0 aromatic carbocycles. The molecule has 64 valence electrons. The van der Waals surface area contributed by atoms with E-state index in [-0.39, 0.29) is 11.8 Å². The van der Waals surface area contributed by atoms with Crippen molar-refractivity contribution in [2.24, 2.45) is 21.5 Å². The van der Waals surface area contributed by atoms with E-state index in [1.54, 1.807) is 0 Å². The maximum atomic E-state index is 5.35. The van der Waals surface area contributed by atoms with Crippen molar-refractivity contribution >= 4 is 46.6 Å². The van der Waals surface area contributed by atoms with Crippen molar-refractivity contribution in [3.8, 4) is 0 Å². The lowest BCUT2D eigenvalue weighted by Crippen LogP contribution is -2.30. The van der Waals surface area contributed by atoms with E-state index in [0.29, 0.717) is 0 Å². The number of halogens is 3. The van der Waals surface area contributed by atoms with E-state index in [1.165, 1.54) is 7.05 Å². The second-order valence-corrected chi connectivity index (χ2v) is 3.86. The summed E-state index contributed by atoms with van der Waals surface area (Å²) in [6.07, 6.45) is 0. The molecule has 0 aromatic heterocycles. The summed E-state index contributed by atoms with van der Waals surface area (Å²) in [6.45, 7) is 0. The fourth-order valence-electron chi connectivity index (χ4n) is 0.237. The van der Waals surface area contributed by atoms with Crippen molar-refractivity contribution < 1.29 is 0 Å². The first-order valence-electron chi connectivity index (χ1n) is 2.51. The zero-order valence-electron chi connectivity index (χ0n) is 5.68. The van der Waals surface area contributed by atoms with Crippen LogP contribution in [0.2, 0.25) is 0 Å². The Labute approximate surface area is 79.2 Å². The molecule has 0 saturated heterocycles. The number of guanidine groups is 1. The first kappa shape index (κ1) is 10.8. The summed E-state index contributed by atoms with van der Waals surface area (Å²) < 4.78 is -1.73. The summed E-state index contributed by atoms with van der Waals surface area (Å²) in [5.41, 5.74) is 10.4. The van der Waals surface area contributed by atoms with Gasteiger partial charge in [-0.05, 0) is 0 Å². The first-order chi connectivity index (χ1) is 4.88. The van der Waals surface area contributed by atoms with Gasteiger partial charge in [-0.15, -0.1) is 0 Å². The molecule has 0 rings (SSSR count). The minimum absolute atomic E-state index is 0.0335. The van der Waals surface area contributed by atoms with Gasteiger partial charge in [0.25, 0.3) is 0 Å². The van der Waals surface area contributed by atoms with Crippen molar-refractivity contribution in [3.63, 3.8) is 0 Å². The van der Waals surface area contributed by atoms with Crippen LogP contribution < -0.4 is 11.5 Å². The topological polar surface area (TPSA) is 76.8 Å². The third-order valence-corrected chi connectivity index (χ3v) is 1.34. The highest BCUT2D eigenvalue weighted by Gasteiger charge is 2.25. The maximum Gasteiger partial charge on any atom is 0.247 e. The number of rotatable bonds is 0. The van der Waals surface area contributed by atoms with Crippen LogP contribution in [0.4, 0.5) is 0 Å². The summed E-state index contributed by atoms with van der Waals surface area (Å²) in [6, 6.07) is 0. The number of nitrogens with zero attached hydrogens (tertiary/aromatic N) is 2. The molecule has 0 fully saturated rings. The number of alkyl halides is 3. The SMILES string of the molecule is CN=C(N)/N=C(\N)C(Cl)(Cl)Cl. The van der Waals surface area contributed by atoms with Gasteiger partial charge in [0.2, 0.25) is 9.75 Å². The molecular weight excluding hydrogens is 210 g/mol. The first-order valence-corrected chi connectivity index (χ1v) is 3.65. The van der Waals surface area contributed by atoms with Crippen LogP contribution in [0.1, 0.15) is 0 Å².